The molecule has 0 amide bonds. The molecule has 3 heteroatoms. The van der Waals surface area contributed by atoms with E-state index in [9.17, 15) is 0 Å². The SMILES string of the molecule is CCCC(C)C(NC)c1ccc(Cl)c(OC)c1. The first kappa shape index (κ1) is 14.3. The molecule has 0 saturated heterocycles. The molecule has 1 rings (SSSR count). The second-order valence-corrected chi connectivity index (χ2v) is 4.83. The first-order chi connectivity index (χ1) is 8.13. The van der Waals surface area contributed by atoms with Gasteiger partial charge in [-0.05, 0) is 37.1 Å². The molecule has 17 heavy (non-hydrogen) atoms. The predicted molar refractivity (Wildman–Crippen MR) is 73.9 cm³/mol. The standard InChI is InChI=1S/C14H22ClNO/c1-5-6-10(2)14(16-3)11-7-8-12(15)13(9-11)17-4/h7-10,14,16H,5-6H2,1-4H3. The van der Waals surface area contributed by atoms with Crippen molar-refractivity contribution in [2.75, 3.05) is 14.2 Å². The summed E-state index contributed by atoms with van der Waals surface area (Å²) >= 11 is 6.04. The molecule has 0 bridgehead atoms. The molecule has 0 aromatic heterocycles. The zero-order valence-corrected chi connectivity index (χ0v) is 11.8. The first-order valence-electron chi connectivity index (χ1n) is 6.14. The van der Waals surface area contributed by atoms with Crippen LogP contribution in [0.5, 0.6) is 5.75 Å². The third-order valence-electron chi connectivity index (χ3n) is 3.16. The molecule has 2 nitrogen and oxygen atoms in total. The Morgan fingerprint density at radius 1 is 1.41 bits per heavy atom. The van der Waals surface area contributed by atoms with E-state index in [1.807, 2.05) is 19.2 Å². The molecule has 0 aliphatic rings. The largest absolute Gasteiger partial charge is 0.495 e. The van der Waals surface area contributed by atoms with E-state index >= 15 is 0 Å². The Balaban J connectivity index is 2.95. The lowest BCUT2D eigenvalue weighted by Gasteiger charge is -2.24. The molecular formula is C14H22ClNO. The van der Waals surface area contributed by atoms with Crippen LogP contribution in [-0.4, -0.2) is 14.2 Å². The normalized spacial score (nSPS) is 14.4. The van der Waals surface area contributed by atoms with Crippen molar-refractivity contribution >= 4 is 11.6 Å². The molecule has 1 N–H and O–H groups in total. The van der Waals surface area contributed by atoms with Gasteiger partial charge < -0.3 is 10.1 Å². The van der Waals surface area contributed by atoms with Crippen LogP contribution in [0.3, 0.4) is 0 Å². The molecule has 2 unspecified atom stereocenters. The lowest BCUT2D eigenvalue weighted by Crippen LogP contribution is -2.23. The summed E-state index contributed by atoms with van der Waals surface area (Å²) in [6.45, 7) is 4.48. The van der Waals surface area contributed by atoms with E-state index in [4.69, 9.17) is 16.3 Å². The Labute approximate surface area is 109 Å². The highest BCUT2D eigenvalue weighted by atomic mass is 35.5. The van der Waals surface area contributed by atoms with Crippen LogP contribution in [0, 0.1) is 5.92 Å². The van der Waals surface area contributed by atoms with Gasteiger partial charge in [-0.25, -0.2) is 0 Å². The minimum absolute atomic E-state index is 0.348. The van der Waals surface area contributed by atoms with Gasteiger partial charge in [0.25, 0.3) is 0 Å². The highest BCUT2D eigenvalue weighted by Crippen LogP contribution is 2.31. The topological polar surface area (TPSA) is 21.3 Å². The molecule has 2 atom stereocenters. The Morgan fingerprint density at radius 2 is 2.12 bits per heavy atom. The summed E-state index contributed by atoms with van der Waals surface area (Å²) in [5.74, 6) is 1.34. The van der Waals surface area contributed by atoms with Gasteiger partial charge in [-0.2, -0.15) is 0 Å². The summed E-state index contributed by atoms with van der Waals surface area (Å²) in [6.07, 6.45) is 2.40. The average Bonchev–Trinajstić information content (AvgIpc) is 2.32. The van der Waals surface area contributed by atoms with Crippen LogP contribution in [-0.2, 0) is 0 Å². The molecule has 0 spiro atoms. The van der Waals surface area contributed by atoms with Crippen molar-refractivity contribution in [2.24, 2.45) is 5.92 Å². The minimum Gasteiger partial charge on any atom is -0.495 e. The molecule has 0 aliphatic heterocycles. The summed E-state index contributed by atoms with van der Waals surface area (Å²) in [4.78, 5) is 0. The molecule has 0 saturated carbocycles. The average molecular weight is 256 g/mol. The second kappa shape index (κ2) is 6.87. The van der Waals surface area contributed by atoms with Crippen molar-refractivity contribution in [3.05, 3.63) is 28.8 Å². The van der Waals surface area contributed by atoms with E-state index in [2.05, 4.69) is 25.2 Å². The van der Waals surface area contributed by atoms with Gasteiger partial charge in [0, 0.05) is 6.04 Å². The Hall–Kier alpha value is -0.730. The fourth-order valence-corrected chi connectivity index (χ4v) is 2.47. The third kappa shape index (κ3) is 3.62. The van der Waals surface area contributed by atoms with Gasteiger partial charge in [-0.3, -0.25) is 0 Å². The van der Waals surface area contributed by atoms with E-state index in [-0.39, 0.29) is 0 Å². The summed E-state index contributed by atoms with van der Waals surface area (Å²) in [5.41, 5.74) is 1.23. The number of halogens is 1. The highest BCUT2D eigenvalue weighted by Gasteiger charge is 2.17. The zero-order valence-electron chi connectivity index (χ0n) is 11.1. The summed E-state index contributed by atoms with van der Waals surface area (Å²) in [5, 5.41) is 4.04. The maximum absolute atomic E-state index is 6.04. The molecule has 1 aromatic carbocycles. The Morgan fingerprint density at radius 3 is 2.65 bits per heavy atom. The molecule has 1 aromatic rings. The number of hydrogen-bond acceptors (Lipinski definition) is 2. The smallest absolute Gasteiger partial charge is 0.137 e. The van der Waals surface area contributed by atoms with Gasteiger partial charge in [-0.15, -0.1) is 0 Å². The number of rotatable bonds is 6. The fourth-order valence-electron chi connectivity index (χ4n) is 2.27. The number of ether oxygens (including phenoxy) is 1. The molecule has 0 radical (unpaired) electrons. The van der Waals surface area contributed by atoms with Crippen molar-refractivity contribution in [3.8, 4) is 5.75 Å². The van der Waals surface area contributed by atoms with E-state index in [1.165, 1.54) is 18.4 Å². The van der Waals surface area contributed by atoms with Crippen molar-refractivity contribution in [1.82, 2.24) is 5.32 Å². The van der Waals surface area contributed by atoms with Crippen molar-refractivity contribution in [2.45, 2.75) is 32.7 Å². The van der Waals surface area contributed by atoms with Crippen LogP contribution in [0.25, 0.3) is 0 Å². The number of benzene rings is 1. The third-order valence-corrected chi connectivity index (χ3v) is 3.47. The zero-order chi connectivity index (χ0) is 12.8. The summed E-state index contributed by atoms with van der Waals surface area (Å²) in [6, 6.07) is 6.34. The minimum atomic E-state index is 0.348. The van der Waals surface area contributed by atoms with Gasteiger partial charge in [0.2, 0.25) is 0 Å². The van der Waals surface area contributed by atoms with Gasteiger partial charge >= 0.3 is 0 Å². The molecule has 0 aliphatic carbocycles. The van der Waals surface area contributed by atoms with Crippen LogP contribution in [0.2, 0.25) is 5.02 Å². The second-order valence-electron chi connectivity index (χ2n) is 4.43. The Kier molecular flexibility index (Phi) is 5.79. The van der Waals surface area contributed by atoms with E-state index < -0.39 is 0 Å². The number of hydrogen-bond donors (Lipinski definition) is 1. The molecular weight excluding hydrogens is 234 g/mol. The van der Waals surface area contributed by atoms with E-state index in [1.54, 1.807) is 7.11 Å². The summed E-state index contributed by atoms with van der Waals surface area (Å²) < 4.78 is 5.26. The number of nitrogens with one attached hydrogen (secondary N) is 1. The van der Waals surface area contributed by atoms with Crippen LogP contribution in [0.4, 0.5) is 0 Å². The van der Waals surface area contributed by atoms with Gasteiger partial charge in [0.1, 0.15) is 5.75 Å². The van der Waals surface area contributed by atoms with Crippen LogP contribution in [0.1, 0.15) is 38.3 Å². The van der Waals surface area contributed by atoms with Crippen molar-refractivity contribution in [3.63, 3.8) is 0 Å². The Bertz CT molecular complexity index is 354. The van der Waals surface area contributed by atoms with E-state index in [0.29, 0.717) is 17.0 Å². The van der Waals surface area contributed by atoms with Crippen LogP contribution < -0.4 is 10.1 Å². The molecule has 96 valence electrons. The fraction of sp³-hybridized carbons (Fsp3) is 0.571. The van der Waals surface area contributed by atoms with Crippen LogP contribution in [0.15, 0.2) is 18.2 Å². The van der Waals surface area contributed by atoms with Gasteiger partial charge in [0.05, 0.1) is 12.1 Å². The number of methoxy groups -OCH3 is 1. The maximum atomic E-state index is 6.04. The van der Waals surface area contributed by atoms with Gasteiger partial charge in [0.15, 0.2) is 0 Å². The lowest BCUT2D eigenvalue weighted by atomic mass is 9.91. The predicted octanol–water partition coefficient (Wildman–Crippen LogP) is 4.05. The first-order valence-corrected chi connectivity index (χ1v) is 6.52. The van der Waals surface area contributed by atoms with Crippen molar-refractivity contribution < 1.29 is 4.74 Å². The van der Waals surface area contributed by atoms with E-state index in [0.717, 1.165) is 5.75 Å². The maximum Gasteiger partial charge on any atom is 0.137 e. The molecule has 0 heterocycles. The van der Waals surface area contributed by atoms with Crippen molar-refractivity contribution in [1.29, 1.82) is 0 Å². The lowest BCUT2D eigenvalue weighted by molar-refractivity contribution is 0.379. The quantitative estimate of drug-likeness (QED) is 0.828. The van der Waals surface area contributed by atoms with Crippen LogP contribution >= 0.6 is 11.6 Å². The van der Waals surface area contributed by atoms with Gasteiger partial charge in [-0.1, -0.05) is 37.9 Å². The monoisotopic (exact) mass is 255 g/mol. The molecule has 0 fully saturated rings. The summed E-state index contributed by atoms with van der Waals surface area (Å²) in [7, 11) is 3.65. The highest BCUT2D eigenvalue weighted by molar-refractivity contribution is 6.32.